The van der Waals surface area contributed by atoms with Crippen LogP contribution in [0.5, 0.6) is 0 Å². The minimum absolute atomic E-state index is 0.158. The largest absolute Gasteiger partial charge is 0.468 e. The molecule has 0 aliphatic carbocycles. The van der Waals surface area contributed by atoms with Gasteiger partial charge in [0.25, 0.3) is 0 Å². The summed E-state index contributed by atoms with van der Waals surface area (Å²) in [5.74, 6) is 0.934. The highest BCUT2D eigenvalue weighted by Gasteiger charge is 2.14. The summed E-state index contributed by atoms with van der Waals surface area (Å²) in [6.45, 7) is 2.04. The molecule has 1 atom stereocenters. The summed E-state index contributed by atoms with van der Waals surface area (Å²) in [7, 11) is 1.93. The molecule has 2 nitrogen and oxygen atoms in total. The predicted molar refractivity (Wildman–Crippen MR) is 70.4 cm³/mol. The number of hydrogen-bond acceptors (Lipinski definition) is 2. The summed E-state index contributed by atoms with van der Waals surface area (Å²) in [5.41, 5.74) is 2.31. The number of rotatable bonds is 4. The number of likely N-dealkylation sites (N-methyl/N-ethyl adjacent to an activating group) is 1. The van der Waals surface area contributed by atoms with E-state index in [-0.39, 0.29) is 6.04 Å². The molecule has 2 aromatic rings. The lowest BCUT2D eigenvalue weighted by atomic mass is 10.0. The van der Waals surface area contributed by atoms with Crippen molar-refractivity contribution >= 4 is 11.6 Å². The van der Waals surface area contributed by atoms with Gasteiger partial charge in [-0.3, -0.25) is 0 Å². The van der Waals surface area contributed by atoms with E-state index in [0.29, 0.717) is 0 Å². The van der Waals surface area contributed by atoms with Crippen LogP contribution in [0, 0.1) is 6.92 Å². The Kier molecular flexibility index (Phi) is 3.87. The van der Waals surface area contributed by atoms with Crippen LogP contribution in [0.1, 0.15) is 22.9 Å². The van der Waals surface area contributed by atoms with E-state index in [4.69, 9.17) is 16.0 Å². The first-order chi connectivity index (χ1) is 8.20. The van der Waals surface area contributed by atoms with Crippen molar-refractivity contribution < 1.29 is 4.42 Å². The molecule has 90 valence electrons. The molecule has 0 bridgehead atoms. The number of furan rings is 1. The normalized spacial score (nSPS) is 12.6. The topological polar surface area (TPSA) is 25.2 Å². The zero-order valence-electron chi connectivity index (χ0n) is 10.0. The van der Waals surface area contributed by atoms with E-state index in [2.05, 4.69) is 17.4 Å². The van der Waals surface area contributed by atoms with Crippen molar-refractivity contribution in [3.8, 4) is 0 Å². The van der Waals surface area contributed by atoms with Gasteiger partial charge in [0.2, 0.25) is 0 Å². The Balaban J connectivity index is 2.19. The average Bonchev–Trinajstić information content (AvgIpc) is 2.81. The van der Waals surface area contributed by atoms with Crippen LogP contribution in [0.4, 0.5) is 0 Å². The summed E-state index contributed by atoms with van der Waals surface area (Å²) >= 11 is 6.23. The third kappa shape index (κ3) is 2.90. The summed E-state index contributed by atoms with van der Waals surface area (Å²) < 4.78 is 5.42. The fourth-order valence-corrected chi connectivity index (χ4v) is 2.18. The lowest BCUT2D eigenvalue weighted by Crippen LogP contribution is -2.18. The van der Waals surface area contributed by atoms with E-state index in [1.165, 1.54) is 5.56 Å². The minimum atomic E-state index is 0.158. The third-order valence-electron chi connectivity index (χ3n) is 2.87. The van der Waals surface area contributed by atoms with Crippen LogP contribution in [0.3, 0.4) is 0 Å². The predicted octanol–water partition coefficient (Wildman–Crippen LogP) is 3.74. The van der Waals surface area contributed by atoms with Gasteiger partial charge in [-0.1, -0.05) is 23.7 Å². The smallest absolute Gasteiger partial charge is 0.121 e. The molecular weight excluding hydrogens is 234 g/mol. The summed E-state index contributed by atoms with van der Waals surface area (Å²) in [4.78, 5) is 0. The van der Waals surface area contributed by atoms with Crippen molar-refractivity contribution in [1.29, 1.82) is 0 Å². The number of nitrogens with one attached hydrogen (secondary N) is 1. The number of benzene rings is 1. The molecule has 0 aliphatic heterocycles. The highest BCUT2D eigenvalue weighted by atomic mass is 35.5. The quantitative estimate of drug-likeness (QED) is 0.893. The second-order valence-electron chi connectivity index (χ2n) is 4.16. The molecule has 0 amide bonds. The van der Waals surface area contributed by atoms with Gasteiger partial charge in [-0.2, -0.15) is 0 Å². The summed E-state index contributed by atoms with van der Waals surface area (Å²) in [6.07, 6.45) is 2.51. The zero-order chi connectivity index (χ0) is 12.3. The lowest BCUT2D eigenvalue weighted by molar-refractivity contribution is 0.429. The maximum atomic E-state index is 6.23. The van der Waals surface area contributed by atoms with Crippen molar-refractivity contribution in [2.75, 3.05) is 7.05 Å². The average molecular weight is 250 g/mol. The fourth-order valence-electron chi connectivity index (χ4n) is 1.87. The fraction of sp³-hybridized carbons (Fsp3) is 0.286. The van der Waals surface area contributed by atoms with Crippen LogP contribution in [-0.4, -0.2) is 7.05 Å². The molecule has 0 radical (unpaired) electrons. The number of hydrogen-bond donors (Lipinski definition) is 1. The van der Waals surface area contributed by atoms with E-state index < -0.39 is 0 Å². The molecule has 2 rings (SSSR count). The first kappa shape index (κ1) is 12.2. The molecule has 0 saturated heterocycles. The molecule has 3 heteroatoms. The molecule has 0 spiro atoms. The molecule has 17 heavy (non-hydrogen) atoms. The Labute approximate surface area is 107 Å². The molecule has 0 saturated carbocycles. The van der Waals surface area contributed by atoms with Crippen molar-refractivity contribution in [2.24, 2.45) is 0 Å². The van der Waals surface area contributed by atoms with Gasteiger partial charge in [-0.05, 0) is 49.7 Å². The second-order valence-corrected chi connectivity index (χ2v) is 4.56. The molecule has 1 aromatic carbocycles. The second kappa shape index (κ2) is 5.39. The van der Waals surface area contributed by atoms with Gasteiger partial charge in [0.05, 0.1) is 12.3 Å². The van der Waals surface area contributed by atoms with Gasteiger partial charge in [0, 0.05) is 5.02 Å². The highest BCUT2D eigenvalue weighted by molar-refractivity contribution is 6.31. The molecule has 1 unspecified atom stereocenters. The third-order valence-corrected chi connectivity index (χ3v) is 3.22. The van der Waals surface area contributed by atoms with Crippen molar-refractivity contribution in [3.63, 3.8) is 0 Å². The maximum absolute atomic E-state index is 6.23. The monoisotopic (exact) mass is 249 g/mol. The lowest BCUT2D eigenvalue weighted by Gasteiger charge is -2.14. The van der Waals surface area contributed by atoms with Gasteiger partial charge in [-0.15, -0.1) is 0 Å². The molecular formula is C14H16ClNO. The van der Waals surface area contributed by atoms with Gasteiger partial charge in [0.15, 0.2) is 0 Å². The van der Waals surface area contributed by atoms with Crippen molar-refractivity contribution in [3.05, 3.63) is 58.5 Å². The minimum Gasteiger partial charge on any atom is -0.468 e. The van der Waals surface area contributed by atoms with Crippen LogP contribution in [0.15, 0.2) is 41.0 Å². The Morgan fingerprint density at radius 1 is 1.35 bits per heavy atom. The maximum Gasteiger partial charge on any atom is 0.121 e. The molecule has 0 fully saturated rings. The van der Waals surface area contributed by atoms with Gasteiger partial charge < -0.3 is 9.73 Å². The van der Waals surface area contributed by atoms with E-state index in [1.807, 2.05) is 32.2 Å². The first-order valence-corrected chi connectivity index (χ1v) is 6.04. The SMILES string of the molecule is CNC(Cc1ccc(C)cc1Cl)c1ccco1. The van der Waals surface area contributed by atoms with E-state index in [0.717, 1.165) is 22.8 Å². The summed E-state index contributed by atoms with van der Waals surface area (Å²) in [6, 6.07) is 10.2. The molecule has 1 heterocycles. The van der Waals surface area contributed by atoms with E-state index >= 15 is 0 Å². The Morgan fingerprint density at radius 2 is 2.18 bits per heavy atom. The van der Waals surface area contributed by atoms with Gasteiger partial charge in [0.1, 0.15) is 5.76 Å². The van der Waals surface area contributed by atoms with Crippen LogP contribution in [0.2, 0.25) is 5.02 Å². The molecule has 0 aliphatic rings. The standard InChI is InChI=1S/C14H16ClNO/c1-10-5-6-11(12(15)8-10)9-13(16-2)14-4-3-7-17-14/h3-8,13,16H,9H2,1-2H3. The van der Waals surface area contributed by atoms with Crippen molar-refractivity contribution in [2.45, 2.75) is 19.4 Å². The zero-order valence-corrected chi connectivity index (χ0v) is 10.8. The van der Waals surface area contributed by atoms with E-state index in [9.17, 15) is 0 Å². The van der Waals surface area contributed by atoms with Crippen molar-refractivity contribution in [1.82, 2.24) is 5.32 Å². The Morgan fingerprint density at radius 3 is 2.76 bits per heavy atom. The summed E-state index contributed by atoms with van der Waals surface area (Å²) in [5, 5.41) is 4.06. The van der Waals surface area contributed by atoms with Crippen LogP contribution >= 0.6 is 11.6 Å². The number of halogens is 1. The van der Waals surface area contributed by atoms with Crippen LogP contribution < -0.4 is 5.32 Å². The number of aryl methyl sites for hydroxylation is 1. The van der Waals surface area contributed by atoms with Crippen LogP contribution in [0.25, 0.3) is 0 Å². The van der Waals surface area contributed by atoms with Gasteiger partial charge in [-0.25, -0.2) is 0 Å². The molecule has 1 N–H and O–H groups in total. The van der Waals surface area contributed by atoms with Gasteiger partial charge >= 0.3 is 0 Å². The van der Waals surface area contributed by atoms with E-state index in [1.54, 1.807) is 6.26 Å². The van der Waals surface area contributed by atoms with Crippen LogP contribution in [-0.2, 0) is 6.42 Å². The molecule has 1 aromatic heterocycles. The highest BCUT2D eigenvalue weighted by Crippen LogP contribution is 2.24. The Hall–Kier alpha value is -1.25. The first-order valence-electron chi connectivity index (χ1n) is 5.66. The Bertz CT molecular complexity index is 479.